The number of H-pyrrole nitrogens is 1. The van der Waals surface area contributed by atoms with Crippen LogP contribution in [0.3, 0.4) is 0 Å². The summed E-state index contributed by atoms with van der Waals surface area (Å²) in [7, 11) is 0. The van der Waals surface area contributed by atoms with Crippen molar-refractivity contribution < 1.29 is 18.0 Å². The second kappa shape index (κ2) is 9.85. The second-order valence-electron chi connectivity index (χ2n) is 8.75. The van der Waals surface area contributed by atoms with E-state index in [1.54, 1.807) is 6.20 Å². The minimum atomic E-state index is -3.19. The molecule has 0 fully saturated rings. The highest BCUT2D eigenvalue weighted by molar-refractivity contribution is 6.07. The van der Waals surface area contributed by atoms with E-state index in [-0.39, 0.29) is 17.9 Å². The van der Waals surface area contributed by atoms with Gasteiger partial charge in [0, 0.05) is 42.7 Å². The Balaban J connectivity index is 1.35. The lowest BCUT2D eigenvalue weighted by atomic mass is 10.0. The number of aromatic amines is 1. The molecule has 38 heavy (non-hydrogen) atoms. The zero-order valence-corrected chi connectivity index (χ0v) is 20.1. The molecule has 0 unspecified atom stereocenters. The first-order valence-corrected chi connectivity index (χ1v) is 11.6. The average molecular weight is 518 g/mol. The van der Waals surface area contributed by atoms with E-state index in [9.17, 15) is 18.0 Å². The molecule has 0 saturated carbocycles. The molecular formula is C27H22F3N7O. The number of hydrogen-bond donors (Lipinski definition) is 4. The van der Waals surface area contributed by atoms with Crippen molar-refractivity contribution in [3.8, 4) is 11.1 Å². The van der Waals surface area contributed by atoms with Gasteiger partial charge in [-0.1, -0.05) is 24.3 Å². The van der Waals surface area contributed by atoms with Crippen LogP contribution in [0.15, 0.2) is 73.1 Å². The minimum absolute atomic E-state index is 0.0675. The molecule has 5 rings (SSSR count). The molecule has 1 amide bonds. The number of carbonyl (C=O) groups excluding carboxylic acids is 1. The van der Waals surface area contributed by atoms with Crippen LogP contribution >= 0.6 is 0 Å². The predicted molar refractivity (Wildman–Crippen MR) is 139 cm³/mol. The molecular weight excluding hydrogens is 495 g/mol. The van der Waals surface area contributed by atoms with E-state index >= 15 is 0 Å². The fourth-order valence-corrected chi connectivity index (χ4v) is 3.83. The highest BCUT2D eigenvalue weighted by atomic mass is 19.3. The van der Waals surface area contributed by atoms with Crippen LogP contribution in [-0.2, 0) is 12.5 Å². The zero-order valence-electron chi connectivity index (χ0n) is 20.1. The third-order valence-corrected chi connectivity index (χ3v) is 5.93. The van der Waals surface area contributed by atoms with Crippen LogP contribution in [0.5, 0.6) is 0 Å². The van der Waals surface area contributed by atoms with Crippen LogP contribution in [0, 0.1) is 5.82 Å². The molecule has 11 heteroatoms. The van der Waals surface area contributed by atoms with Crippen LogP contribution in [0.25, 0.3) is 22.2 Å². The van der Waals surface area contributed by atoms with Crippen LogP contribution in [0.2, 0.25) is 0 Å². The lowest BCUT2D eigenvalue weighted by molar-refractivity contribution is 0.0171. The van der Waals surface area contributed by atoms with E-state index in [4.69, 9.17) is 5.73 Å². The highest BCUT2D eigenvalue weighted by Gasteiger charge is 2.27. The van der Waals surface area contributed by atoms with Gasteiger partial charge in [0.15, 0.2) is 5.65 Å². The average Bonchev–Trinajstić information content (AvgIpc) is 3.28. The Morgan fingerprint density at radius 3 is 2.45 bits per heavy atom. The van der Waals surface area contributed by atoms with Gasteiger partial charge in [-0.15, -0.1) is 0 Å². The maximum absolute atomic E-state index is 14.0. The summed E-state index contributed by atoms with van der Waals surface area (Å²) < 4.78 is 41.2. The van der Waals surface area contributed by atoms with E-state index in [1.807, 2.05) is 30.3 Å². The number of nitrogens with zero attached hydrogens (tertiary/aromatic N) is 3. The molecule has 0 spiro atoms. The summed E-state index contributed by atoms with van der Waals surface area (Å²) in [6.07, 6.45) is 2.74. The molecule has 0 radical (unpaired) electrons. The number of nitrogens with one attached hydrogen (secondary N) is 3. The zero-order chi connectivity index (χ0) is 26.9. The van der Waals surface area contributed by atoms with Crippen molar-refractivity contribution in [2.75, 3.05) is 16.4 Å². The number of halogens is 3. The lowest BCUT2D eigenvalue weighted by Gasteiger charge is -2.16. The molecule has 0 aliphatic heterocycles. The third-order valence-electron chi connectivity index (χ3n) is 5.93. The van der Waals surface area contributed by atoms with Crippen LogP contribution in [0.4, 0.5) is 30.5 Å². The third kappa shape index (κ3) is 5.26. The van der Waals surface area contributed by atoms with Crippen molar-refractivity contribution in [1.82, 2.24) is 20.2 Å². The Labute approximate surface area is 215 Å². The summed E-state index contributed by atoms with van der Waals surface area (Å²) in [6.45, 7) is 1.01. The number of aromatic nitrogens is 4. The van der Waals surface area contributed by atoms with Gasteiger partial charge < -0.3 is 16.4 Å². The number of pyridine rings is 2. The fraction of sp³-hybridized carbons (Fsp3) is 0.111. The smallest absolute Gasteiger partial charge is 0.272 e. The number of benzene rings is 2. The Morgan fingerprint density at radius 1 is 1.00 bits per heavy atom. The molecule has 0 aliphatic rings. The number of nitrogen functional groups attached to an aromatic ring is 1. The van der Waals surface area contributed by atoms with Gasteiger partial charge in [0.2, 0.25) is 0 Å². The van der Waals surface area contributed by atoms with Crippen molar-refractivity contribution in [1.29, 1.82) is 0 Å². The molecule has 2 aromatic carbocycles. The fourth-order valence-electron chi connectivity index (χ4n) is 3.83. The van der Waals surface area contributed by atoms with Crippen LogP contribution in [-0.4, -0.2) is 26.1 Å². The number of fused-ring (bicyclic) bond motifs is 1. The normalized spacial score (nSPS) is 11.5. The maximum atomic E-state index is 14.0. The summed E-state index contributed by atoms with van der Waals surface area (Å²) in [6, 6.07) is 15.7. The first-order chi connectivity index (χ1) is 18.2. The minimum Gasteiger partial charge on any atom is -0.384 e. The van der Waals surface area contributed by atoms with Gasteiger partial charge in [-0.25, -0.2) is 23.1 Å². The molecule has 3 aromatic heterocycles. The van der Waals surface area contributed by atoms with Crippen molar-refractivity contribution in [3.63, 3.8) is 0 Å². The van der Waals surface area contributed by atoms with Gasteiger partial charge in [0.1, 0.15) is 17.5 Å². The molecule has 5 aromatic rings. The molecule has 0 saturated heterocycles. The molecule has 3 heterocycles. The largest absolute Gasteiger partial charge is 0.384 e. The SMILES string of the molecule is CC(F)(F)c1cnc(NCc2ccc(-c3cnc4n[nH]c(N)c4c3)cc2)c(C(=O)Nc2ccc(F)cc2)c1. The highest BCUT2D eigenvalue weighted by Crippen LogP contribution is 2.30. The predicted octanol–water partition coefficient (Wildman–Crippen LogP) is 5.72. The number of nitrogens with two attached hydrogens (primary N) is 1. The Morgan fingerprint density at radius 2 is 1.74 bits per heavy atom. The molecule has 0 atom stereocenters. The monoisotopic (exact) mass is 517 g/mol. The molecule has 0 aliphatic carbocycles. The summed E-state index contributed by atoms with van der Waals surface area (Å²) in [4.78, 5) is 21.4. The summed E-state index contributed by atoms with van der Waals surface area (Å²) in [5, 5.41) is 13.1. The summed E-state index contributed by atoms with van der Waals surface area (Å²) in [5.74, 6) is -3.74. The Hall–Kier alpha value is -4.93. The van der Waals surface area contributed by atoms with Crippen molar-refractivity contribution in [2.45, 2.75) is 19.4 Å². The standard InChI is InChI=1S/C27H22F3N7O/c1-27(29,30)18-11-22(26(38)35-20-8-6-19(28)7-9-20)24(34-14-18)32-12-15-2-4-16(5-3-15)17-10-21-23(31)36-37-25(21)33-13-17/h2-11,13-14H,12H2,1H3,(H,32,34)(H,35,38)(H3,31,33,36,37). The second-order valence-corrected chi connectivity index (χ2v) is 8.75. The molecule has 5 N–H and O–H groups in total. The number of carbonyl (C=O) groups is 1. The molecule has 192 valence electrons. The first-order valence-electron chi connectivity index (χ1n) is 11.6. The number of hydrogen-bond acceptors (Lipinski definition) is 6. The molecule has 0 bridgehead atoms. The Bertz CT molecular complexity index is 1610. The summed E-state index contributed by atoms with van der Waals surface area (Å²) in [5.41, 5.74) is 8.92. The van der Waals surface area contributed by atoms with Gasteiger partial charge in [-0.3, -0.25) is 9.89 Å². The van der Waals surface area contributed by atoms with E-state index < -0.39 is 23.2 Å². The number of anilines is 3. The number of alkyl halides is 2. The lowest BCUT2D eigenvalue weighted by Crippen LogP contribution is -2.18. The van der Waals surface area contributed by atoms with Gasteiger partial charge in [-0.05, 0) is 47.5 Å². The van der Waals surface area contributed by atoms with Crippen molar-refractivity contribution in [3.05, 3.63) is 95.6 Å². The van der Waals surface area contributed by atoms with E-state index in [0.29, 0.717) is 17.2 Å². The van der Waals surface area contributed by atoms with Gasteiger partial charge in [0.05, 0.1) is 10.9 Å². The molecule has 8 nitrogen and oxygen atoms in total. The van der Waals surface area contributed by atoms with Crippen molar-refractivity contribution in [2.24, 2.45) is 0 Å². The topological polar surface area (TPSA) is 122 Å². The van der Waals surface area contributed by atoms with Crippen LogP contribution in [0.1, 0.15) is 28.4 Å². The van der Waals surface area contributed by atoms with E-state index in [0.717, 1.165) is 41.3 Å². The van der Waals surface area contributed by atoms with E-state index in [1.165, 1.54) is 24.3 Å². The first kappa shape index (κ1) is 24.8. The van der Waals surface area contributed by atoms with E-state index in [2.05, 4.69) is 30.8 Å². The summed E-state index contributed by atoms with van der Waals surface area (Å²) >= 11 is 0. The Kier molecular flexibility index (Phi) is 6.41. The van der Waals surface area contributed by atoms with Crippen LogP contribution < -0.4 is 16.4 Å². The van der Waals surface area contributed by atoms with Gasteiger partial charge in [-0.2, -0.15) is 5.10 Å². The van der Waals surface area contributed by atoms with Gasteiger partial charge in [0.25, 0.3) is 11.8 Å². The van der Waals surface area contributed by atoms with Crippen molar-refractivity contribution >= 4 is 34.3 Å². The number of rotatable bonds is 7. The maximum Gasteiger partial charge on any atom is 0.272 e. The van der Waals surface area contributed by atoms with Gasteiger partial charge >= 0.3 is 0 Å². The quantitative estimate of drug-likeness (QED) is 0.219. The number of amides is 1.